The number of hydrogen-bond acceptors (Lipinski definition) is 15. The number of carbonyl (C=O) groups excluding carboxylic acids is 5. The van der Waals surface area contributed by atoms with Crippen molar-refractivity contribution in [3.8, 4) is 11.5 Å². The fourth-order valence-electron chi connectivity index (χ4n) is 10.6. The standard InChI is InChI=1S/C53H52N10O11/c1-52(2,3)60-45(54-31-11-15-35-39(21-31)49(66)56-47(35)64)25-41(58-60)29-9-7-27(19-29)37-23-33(62(69)70)13-17-43(37)73-51(68)74-44-18-14-34(63(71)72)24-38(44)28-8-10-30(20-28)42-26-46(61(59-42)53(4,5)6)55-32-12-16-36-40(22-32)50(67)57-48(36)65/h11-18,21-30,54-55H,7-10,19-20H2,1-6H3,(H,56,64,66)(H,57,65,67). The Labute approximate surface area is 423 Å². The molecule has 380 valence electrons. The number of aromatic nitrogens is 4. The number of nitro groups is 2. The highest BCUT2D eigenvalue weighted by Gasteiger charge is 2.37. The van der Waals surface area contributed by atoms with E-state index in [0.717, 1.165) is 11.4 Å². The van der Waals surface area contributed by atoms with E-state index in [1.54, 1.807) is 36.4 Å². The first-order chi connectivity index (χ1) is 35.1. The predicted octanol–water partition coefficient (Wildman–Crippen LogP) is 10.3. The lowest BCUT2D eigenvalue weighted by molar-refractivity contribution is -0.385. The van der Waals surface area contributed by atoms with Crippen molar-refractivity contribution in [2.24, 2.45) is 0 Å². The second kappa shape index (κ2) is 18.4. The van der Waals surface area contributed by atoms with Gasteiger partial charge in [-0.15, -0.1) is 0 Å². The fourth-order valence-corrected chi connectivity index (χ4v) is 10.6. The van der Waals surface area contributed by atoms with Crippen molar-refractivity contribution in [2.75, 3.05) is 10.6 Å². The van der Waals surface area contributed by atoms with Gasteiger partial charge in [0, 0.05) is 70.7 Å². The molecule has 2 aromatic heterocycles. The molecule has 21 nitrogen and oxygen atoms in total. The summed E-state index contributed by atoms with van der Waals surface area (Å²) >= 11 is 0. The van der Waals surface area contributed by atoms with E-state index in [1.807, 2.05) is 63.0 Å². The molecule has 2 saturated carbocycles. The highest BCUT2D eigenvalue weighted by molar-refractivity contribution is 6.22. The topological polar surface area (TPSA) is 274 Å². The van der Waals surface area contributed by atoms with Crippen LogP contribution in [0.4, 0.5) is 39.2 Å². The molecule has 6 aromatic rings. The summed E-state index contributed by atoms with van der Waals surface area (Å²) in [5.74, 6) is -1.10. The smallest absolute Gasteiger partial charge is 0.394 e. The van der Waals surface area contributed by atoms with Crippen LogP contribution in [-0.2, 0) is 11.1 Å². The van der Waals surface area contributed by atoms with Gasteiger partial charge in [-0.25, -0.2) is 14.2 Å². The third-order valence-corrected chi connectivity index (χ3v) is 14.1. The number of benzene rings is 4. The second-order valence-corrected chi connectivity index (χ2v) is 21.2. The maximum Gasteiger partial charge on any atom is 0.519 e. The van der Waals surface area contributed by atoms with Crippen LogP contribution in [0.3, 0.4) is 0 Å². The summed E-state index contributed by atoms with van der Waals surface area (Å²) < 4.78 is 15.5. The zero-order valence-electron chi connectivity index (χ0n) is 41.3. The van der Waals surface area contributed by atoms with E-state index in [-0.39, 0.29) is 57.7 Å². The summed E-state index contributed by atoms with van der Waals surface area (Å²) in [5.41, 5.74) is 3.46. The largest absolute Gasteiger partial charge is 0.519 e. The molecule has 0 bridgehead atoms. The Bertz CT molecular complexity index is 3160. The number of carbonyl (C=O) groups is 5. The van der Waals surface area contributed by atoms with Crippen molar-refractivity contribution >= 4 is 64.2 Å². The molecule has 4 aromatic carbocycles. The Balaban J connectivity index is 0.863. The molecule has 21 heteroatoms. The zero-order valence-corrected chi connectivity index (χ0v) is 41.3. The van der Waals surface area contributed by atoms with E-state index in [9.17, 15) is 44.2 Å². The van der Waals surface area contributed by atoms with E-state index in [1.165, 1.54) is 36.4 Å². The summed E-state index contributed by atoms with van der Waals surface area (Å²) in [4.78, 5) is 86.2. The highest BCUT2D eigenvalue weighted by Crippen LogP contribution is 2.49. The molecule has 74 heavy (non-hydrogen) atoms. The molecule has 4 N–H and O–H groups in total. The van der Waals surface area contributed by atoms with Crippen molar-refractivity contribution in [1.82, 2.24) is 30.2 Å². The number of non-ortho nitro benzene ring substituents is 2. The van der Waals surface area contributed by atoms with Gasteiger partial charge in [-0.05, 0) is 140 Å². The number of nitro benzene ring substituents is 2. The van der Waals surface area contributed by atoms with Gasteiger partial charge in [0.05, 0.1) is 54.6 Å². The van der Waals surface area contributed by atoms with Crippen LogP contribution in [0.15, 0.2) is 84.9 Å². The maximum absolute atomic E-state index is 13.9. The van der Waals surface area contributed by atoms with Gasteiger partial charge in [0.25, 0.3) is 35.0 Å². The summed E-state index contributed by atoms with van der Waals surface area (Å²) in [7, 11) is 0. The Morgan fingerprint density at radius 3 is 1.31 bits per heavy atom. The van der Waals surface area contributed by atoms with Crippen LogP contribution >= 0.6 is 0 Å². The number of rotatable bonds is 12. The lowest BCUT2D eigenvalue weighted by Crippen LogP contribution is -2.24. The molecule has 2 aliphatic carbocycles. The first-order valence-corrected chi connectivity index (χ1v) is 24.3. The minimum Gasteiger partial charge on any atom is -0.394 e. The van der Waals surface area contributed by atoms with E-state index < -0.39 is 50.7 Å². The maximum atomic E-state index is 13.9. The Morgan fingerprint density at radius 1 is 0.554 bits per heavy atom. The van der Waals surface area contributed by atoms with Crippen LogP contribution in [0, 0.1) is 20.2 Å². The lowest BCUT2D eigenvalue weighted by atomic mass is 9.94. The third-order valence-electron chi connectivity index (χ3n) is 14.1. The van der Waals surface area contributed by atoms with Crippen LogP contribution in [0.5, 0.6) is 11.5 Å². The minimum absolute atomic E-state index is 0.0767. The molecule has 2 fully saturated rings. The molecular formula is C53H52N10O11. The molecule has 4 aliphatic rings. The van der Waals surface area contributed by atoms with Gasteiger partial charge < -0.3 is 20.1 Å². The number of amides is 4. The SMILES string of the molecule is CC(C)(C)n1nc(C2CCC(c3cc([N+](=O)[O-])ccc3OC(=O)Oc3ccc([N+](=O)[O-])cc3C3CCC(c4cc(Nc5ccc6c(c5)C(=O)NC6=O)n(C(C)(C)C)n4)C3)C2)cc1Nc1ccc2c(c1)C(=O)NC2=O. The first-order valence-electron chi connectivity index (χ1n) is 24.3. The van der Waals surface area contributed by atoms with Crippen molar-refractivity contribution in [3.05, 3.63) is 150 Å². The van der Waals surface area contributed by atoms with Gasteiger partial charge in [-0.1, -0.05) is 0 Å². The molecule has 4 atom stereocenters. The summed E-state index contributed by atoms with van der Waals surface area (Å²) in [6.45, 7) is 12.0. The summed E-state index contributed by atoms with van der Waals surface area (Å²) in [6.07, 6.45) is 2.42. The van der Waals surface area contributed by atoms with E-state index in [4.69, 9.17) is 19.7 Å². The average Bonchev–Trinajstić information content (AvgIpc) is 4.21. The van der Waals surface area contributed by atoms with Gasteiger partial charge in [0.1, 0.15) is 23.1 Å². The number of anilines is 4. The molecule has 0 radical (unpaired) electrons. The third kappa shape index (κ3) is 9.43. The zero-order chi connectivity index (χ0) is 52.5. The first kappa shape index (κ1) is 48.9. The van der Waals surface area contributed by atoms with Gasteiger partial charge in [-0.2, -0.15) is 10.2 Å². The molecule has 4 unspecified atom stereocenters. The molecule has 2 aliphatic heterocycles. The average molecular weight is 1010 g/mol. The van der Waals surface area contributed by atoms with Crippen molar-refractivity contribution in [3.63, 3.8) is 0 Å². The van der Waals surface area contributed by atoms with Crippen LogP contribution < -0.4 is 30.7 Å². The number of nitrogens with one attached hydrogen (secondary N) is 4. The highest BCUT2D eigenvalue weighted by atomic mass is 16.7. The van der Waals surface area contributed by atoms with E-state index in [0.29, 0.717) is 83.8 Å². The lowest BCUT2D eigenvalue weighted by Gasteiger charge is -2.23. The Kier molecular flexibility index (Phi) is 12.1. The van der Waals surface area contributed by atoms with Crippen molar-refractivity contribution < 1.29 is 43.3 Å². The van der Waals surface area contributed by atoms with Crippen molar-refractivity contribution in [2.45, 2.75) is 115 Å². The second-order valence-electron chi connectivity index (χ2n) is 21.2. The van der Waals surface area contributed by atoms with Gasteiger partial charge >= 0.3 is 6.16 Å². The van der Waals surface area contributed by atoms with Gasteiger partial charge in [0.2, 0.25) is 0 Å². The van der Waals surface area contributed by atoms with Crippen LogP contribution in [-0.4, -0.2) is 59.2 Å². The van der Waals surface area contributed by atoms with Gasteiger partial charge in [-0.3, -0.25) is 50.0 Å². The van der Waals surface area contributed by atoms with E-state index >= 15 is 0 Å². The van der Waals surface area contributed by atoms with Crippen LogP contribution in [0.1, 0.15) is 168 Å². The molecule has 4 amide bonds. The predicted molar refractivity (Wildman–Crippen MR) is 269 cm³/mol. The minimum atomic E-state index is -1.12. The fraction of sp³-hybridized carbons (Fsp3) is 0.340. The molecule has 0 spiro atoms. The number of imide groups is 2. The molecule has 4 heterocycles. The van der Waals surface area contributed by atoms with Crippen LogP contribution in [0.25, 0.3) is 0 Å². The number of fused-ring (bicyclic) bond motifs is 2. The summed E-state index contributed by atoms with van der Waals surface area (Å²) in [5, 5.41) is 45.6. The molecule has 10 rings (SSSR count). The van der Waals surface area contributed by atoms with Crippen LogP contribution in [0.2, 0.25) is 0 Å². The molecule has 0 saturated heterocycles. The summed E-state index contributed by atoms with van der Waals surface area (Å²) in [6, 6.07) is 21.8. The molecular weight excluding hydrogens is 953 g/mol. The quantitative estimate of drug-likeness (QED) is 0.0292. The monoisotopic (exact) mass is 1000 g/mol. The van der Waals surface area contributed by atoms with Gasteiger partial charge in [0.15, 0.2) is 0 Å². The Hall–Kier alpha value is -8.75. The Morgan fingerprint density at radius 2 is 0.932 bits per heavy atom. The normalized spacial score (nSPS) is 19.2. The number of nitrogens with zero attached hydrogens (tertiary/aromatic N) is 6. The van der Waals surface area contributed by atoms with Crippen molar-refractivity contribution in [1.29, 1.82) is 0 Å². The van der Waals surface area contributed by atoms with E-state index in [2.05, 4.69) is 21.3 Å². The number of hydrogen-bond donors (Lipinski definition) is 4. The number of ether oxygens (including phenoxy) is 2.